The number of H-pyrrole nitrogens is 1. The third-order valence-corrected chi connectivity index (χ3v) is 1.80. The Hall–Kier alpha value is -1.21. The number of nitrogens with one attached hydrogen (secondary N) is 1. The van der Waals surface area contributed by atoms with E-state index in [1.165, 1.54) is 5.56 Å². The Balaban J connectivity index is 0.000000145. The number of alkyl halides is 1. The number of aromatic amines is 1. The van der Waals surface area contributed by atoms with Crippen LogP contribution in [0, 0.1) is 0 Å². The highest BCUT2D eigenvalue weighted by molar-refractivity contribution is 6.17. The van der Waals surface area contributed by atoms with Crippen LogP contribution in [0.25, 0.3) is 0 Å². The molecule has 0 amide bonds. The van der Waals surface area contributed by atoms with Gasteiger partial charge in [0.05, 0.1) is 0 Å². The van der Waals surface area contributed by atoms with E-state index in [-0.39, 0.29) is 0 Å². The van der Waals surface area contributed by atoms with Gasteiger partial charge >= 0.3 is 0 Å². The molecule has 0 bridgehead atoms. The highest BCUT2D eigenvalue weighted by Gasteiger charge is 1.81. The van der Waals surface area contributed by atoms with Crippen LogP contribution < -0.4 is 0 Å². The number of halogens is 1. The first-order valence-corrected chi connectivity index (χ1v) is 4.64. The Labute approximate surface area is 83.4 Å². The van der Waals surface area contributed by atoms with Crippen molar-refractivity contribution in [3.05, 3.63) is 60.4 Å². The number of rotatable bonds is 1. The molecule has 1 heterocycles. The highest BCUT2D eigenvalue weighted by atomic mass is 35.5. The molecule has 2 aromatic rings. The second-order valence-electron chi connectivity index (χ2n) is 2.50. The molecule has 0 aliphatic heterocycles. The van der Waals surface area contributed by atoms with Gasteiger partial charge in [0.25, 0.3) is 0 Å². The summed E-state index contributed by atoms with van der Waals surface area (Å²) >= 11 is 5.53. The summed E-state index contributed by atoms with van der Waals surface area (Å²) in [4.78, 5) is 2.86. The van der Waals surface area contributed by atoms with Crippen LogP contribution in [0.5, 0.6) is 0 Å². The maximum atomic E-state index is 5.53. The first kappa shape index (κ1) is 9.87. The van der Waals surface area contributed by atoms with E-state index >= 15 is 0 Å². The quantitative estimate of drug-likeness (QED) is 0.668. The first-order valence-electron chi connectivity index (χ1n) is 4.11. The molecule has 0 unspecified atom stereocenters. The van der Waals surface area contributed by atoms with Crippen LogP contribution in [0.1, 0.15) is 5.56 Å². The molecule has 13 heavy (non-hydrogen) atoms. The molecule has 2 heteroatoms. The van der Waals surface area contributed by atoms with E-state index in [0.717, 1.165) is 0 Å². The van der Waals surface area contributed by atoms with Crippen molar-refractivity contribution in [2.75, 3.05) is 0 Å². The van der Waals surface area contributed by atoms with Crippen LogP contribution in [-0.2, 0) is 5.88 Å². The molecule has 0 aliphatic rings. The normalized spacial score (nSPS) is 8.69. The summed E-state index contributed by atoms with van der Waals surface area (Å²) in [7, 11) is 0. The number of hydrogen-bond acceptors (Lipinski definition) is 0. The molecular formula is C11H12ClN. The third-order valence-electron chi connectivity index (χ3n) is 1.49. The van der Waals surface area contributed by atoms with Crippen molar-refractivity contribution in [2.24, 2.45) is 0 Å². The van der Waals surface area contributed by atoms with Crippen molar-refractivity contribution < 1.29 is 0 Å². The summed E-state index contributed by atoms with van der Waals surface area (Å²) in [5, 5.41) is 0. The molecule has 0 saturated carbocycles. The molecule has 0 radical (unpaired) electrons. The Morgan fingerprint density at radius 1 is 0.923 bits per heavy atom. The van der Waals surface area contributed by atoms with Gasteiger partial charge in [-0.1, -0.05) is 30.3 Å². The van der Waals surface area contributed by atoms with Crippen molar-refractivity contribution in [1.29, 1.82) is 0 Å². The summed E-state index contributed by atoms with van der Waals surface area (Å²) < 4.78 is 0. The van der Waals surface area contributed by atoms with Crippen LogP contribution in [-0.4, -0.2) is 4.98 Å². The summed E-state index contributed by atoms with van der Waals surface area (Å²) in [5.74, 6) is 0.612. The molecule has 2 rings (SSSR count). The first-order chi connectivity index (χ1) is 6.43. The number of hydrogen-bond donors (Lipinski definition) is 1. The van der Waals surface area contributed by atoms with Gasteiger partial charge in [-0.3, -0.25) is 0 Å². The van der Waals surface area contributed by atoms with Gasteiger partial charge in [0.15, 0.2) is 0 Å². The van der Waals surface area contributed by atoms with Crippen molar-refractivity contribution in [3.63, 3.8) is 0 Å². The zero-order chi connectivity index (χ0) is 9.36. The molecule has 1 aromatic carbocycles. The second-order valence-corrected chi connectivity index (χ2v) is 2.77. The lowest BCUT2D eigenvalue weighted by Crippen LogP contribution is -1.71. The predicted octanol–water partition coefficient (Wildman–Crippen LogP) is 3.44. The zero-order valence-corrected chi connectivity index (χ0v) is 8.04. The molecule has 0 spiro atoms. The summed E-state index contributed by atoms with van der Waals surface area (Å²) in [5.41, 5.74) is 1.18. The minimum Gasteiger partial charge on any atom is -0.368 e. The number of aromatic nitrogens is 1. The van der Waals surface area contributed by atoms with Gasteiger partial charge in [-0.05, 0) is 17.7 Å². The lowest BCUT2D eigenvalue weighted by molar-refractivity contribution is 1.41. The van der Waals surface area contributed by atoms with Gasteiger partial charge < -0.3 is 4.98 Å². The van der Waals surface area contributed by atoms with Crippen molar-refractivity contribution in [3.8, 4) is 0 Å². The summed E-state index contributed by atoms with van der Waals surface area (Å²) in [6.45, 7) is 0. The van der Waals surface area contributed by atoms with E-state index in [1.54, 1.807) is 0 Å². The zero-order valence-electron chi connectivity index (χ0n) is 7.28. The lowest BCUT2D eigenvalue weighted by Gasteiger charge is -1.88. The smallest absolute Gasteiger partial charge is 0.0474 e. The Bertz CT molecular complexity index is 272. The predicted molar refractivity (Wildman–Crippen MR) is 56.8 cm³/mol. The maximum Gasteiger partial charge on any atom is 0.0474 e. The van der Waals surface area contributed by atoms with Crippen molar-refractivity contribution in [2.45, 2.75) is 5.88 Å². The van der Waals surface area contributed by atoms with E-state index in [9.17, 15) is 0 Å². The van der Waals surface area contributed by atoms with Gasteiger partial charge in [-0.2, -0.15) is 0 Å². The van der Waals surface area contributed by atoms with Gasteiger partial charge in [0.2, 0.25) is 0 Å². The third kappa shape index (κ3) is 4.38. The van der Waals surface area contributed by atoms with Crippen LogP contribution in [0.3, 0.4) is 0 Å². The fourth-order valence-electron chi connectivity index (χ4n) is 0.845. The average molecular weight is 194 g/mol. The topological polar surface area (TPSA) is 15.8 Å². The molecule has 0 atom stereocenters. The molecule has 1 N–H and O–H groups in total. The second kappa shape index (κ2) is 6.32. The Morgan fingerprint density at radius 2 is 1.54 bits per heavy atom. The molecule has 0 aliphatic carbocycles. The van der Waals surface area contributed by atoms with Crippen LogP contribution in [0.4, 0.5) is 0 Å². The molecular weight excluding hydrogens is 182 g/mol. The van der Waals surface area contributed by atoms with Crippen LogP contribution >= 0.6 is 11.6 Å². The minimum atomic E-state index is 0.612. The number of benzene rings is 1. The fraction of sp³-hybridized carbons (Fsp3) is 0.0909. The maximum absolute atomic E-state index is 5.53. The average Bonchev–Trinajstić information content (AvgIpc) is 2.77. The SMILES string of the molecule is ClCc1ccccc1.c1cc[nH]c1. The van der Waals surface area contributed by atoms with Gasteiger partial charge in [0, 0.05) is 18.3 Å². The van der Waals surface area contributed by atoms with Gasteiger partial charge in [-0.15, -0.1) is 11.6 Å². The summed E-state index contributed by atoms with van der Waals surface area (Å²) in [6.07, 6.45) is 3.75. The van der Waals surface area contributed by atoms with E-state index in [2.05, 4.69) is 4.98 Å². The Kier molecular flexibility index (Phi) is 4.80. The molecule has 0 fully saturated rings. The van der Waals surface area contributed by atoms with Crippen LogP contribution in [0.15, 0.2) is 54.9 Å². The molecule has 1 nitrogen and oxygen atoms in total. The Morgan fingerprint density at radius 3 is 1.85 bits per heavy atom. The van der Waals surface area contributed by atoms with E-state index in [4.69, 9.17) is 11.6 Å². The standard InChI is InChI=1S/C7H7Cl.C4H5N/c8-6-7-4-2-1-3-5-7;1-2-4-5-3-1/h1-5H,6H2;1-5H. The molecule has 1 aromatic heterocycles. The van der Waals surface area contributed by atoms with Gasteiger partial charge in [0.1, 0.15) is 0 Å². The fourth-order valence-corrected chi connectivity index (χ4v) is 1.02. The molecule has 0 saturated heterocycles. The van der Waals surface area contributed by atoms with Gasteiger partial charge in [-0.25, -0.2) is 0 Å². The van der Waals surface area contributed by atoms with E-state index in [1.807, 2.05) is 54.9 Å². The highest BCUT2D eigenvalue weighted by Crippen LogP contribution is 2.00. The van der Waals surface area contributed by atoms with E-state index in [0.29, 0.717) is 5.88 Å². The monoisotopic (exact) mass is 193 g/mol. The van der Waals surface area contributed by atoms with Crippen molar-refractivity contribution in [1.82, 2.24) is 4.98 Å². The van der Waals surface area contributed by atoms with E-state index < -0.39 is 0 Å². The summed E-state index contributed by atoms with van der Waals surface area (Å²) in [6, 6.07) is 13.9. The molecule has 68 valence electrons. The minimum absolute atomic E-state index is 0.612. The lowest BCUT2D eigenvalue weighted by atomic mass is 10.2. The van der Waals surface area contributed by atoms with Crippen molar-refractivity contribution >= 4 is 11.6 Å². The largest absolute Gasteiger partial charge is 0.368 e. The van der Waals surface area contributed by atoms with Crippen LogP contribution in [0.2, 0.25) is 0 Å².